The van der Waals surface area contributed by atoms with Gasteiger partial charge in [-0.2, -0.15) is 0 Å². The molecule has 0 saturated heterocycles. The van der Waals surface area contributed by atoms with Crippen LogP contribution in [0.2, 0.25) is 0 Å². The molecule has 138 valence electrons. The van der Waals surface area contributed by atoms with Gasteiger partial charge in [0.05, 0.1) is 16.3 Å². The van der Waals surface area contributed by atoms with Crippen LogP contribution in [0.4, 0.5) is 0 Å². The molecule has 0 aliphatic carbocycles. The molecule has 1 amide bonds. The van der Waals surface area contributed by atoms with Crippen molar-refractivity contribution in [2.75, 3.05) is 0 Å². The highest BCUT2D eigenvalue weighted by atomic mass is 32.1. The Morgan fingerprint density at radius 3 is 2.26 bits per heavy atom. The lowest BCUT2D eigenvalue weighted by Crippen LogP contribution is -2.11. The van der Waals surface area contributed by atoms with E-state index in [1.807, 2.05) is 12.3 Å². The van der Waals surface area contributed by atoms with Crippen LogP contribution >= 0.6 is 11.3 Å². The lowest BCUT2D eigenvalue weighted by molar-refractivity contribution is 0.0472. The second-order valence-corrected chi connectivity index (χ2v) is 6.87. The van der Waals surface area contributed by atoms with Crippen molar-refractivity contribution in [3.8, 4) is 5.75 Å². The summed E-state index contributed by atoms with van der Waals surface area (Å²) < 4.78 is 10.9. The van der Waals surface area contributed by atoms with Gasteiger partial charge in [0, 0.05) is 10.9 Å². The average Bonchev–Trinajstić information content (AvgIpc) is 3.10. The van der Waals surface area contributed by atoms with E-state index in [0.29, 0.717) is 23.5 Å². The number of hydrogen-bond donors (Lipinski definition) is 1. The number of aryl methyl sites for hydroxylation is 1. The summed E-state index contributed by atoms with van der Waals surface area (Å²) in [5, 5.41) is 2.95. The molecule has 27 heavy (non-hydrogen) atoms. The van der Waals surface area contributed by atoms with Crippen LogP contribution in [0.5, 0.6) is 5.75 Å². The molecule has 0 saturated carbocycles. The van der Waals surface area contributed by atoms with Crippen molar-refractivity contribution in [3.63, 3.8) is 0 Å². The molecule has 0 aliphatic rings. The molecule has 3 rings (SSSR count). The second kappa shape index (κ2) is 8.46. The molecule has 1 heterocycles. The van der Waals surface area contributed by atoms with Crippen LogP contribution in [-0.2, 0) is 18.0 Å². The van der Waals surface area contributed by atoms with Crippen LogP contribution in [0, 0.1) is 6.92 Å². The number of rotatable bonds is 7. The van der Waals surface area contributed by atoms with Crippen molar-refractivity contribution >= 4 is 23.2 Å². The van der Waals surface area contributed by atoms with Crippen LogP contribution in [0.15, 0.2) is 53.9 Å². The fourth-order valence-corrected chi connectivity index (χ4v) is 2.91. The number of benzene rings is 2. The fourth-order valence-electron chi connectivity index (χ4n) is 2.32. The number of ether oxygens (including phenoxy) is 2. The molecule has 0 radical (unpaired) electrons. The normalized spacial score (nSPS) is 10.4. The number of nitrogens with zero attached hydrogens (tertiary/aromatic N) is 1. The Morgan fingerprint density at radius 2 is 1.67 bits per heavy atom. The predicted octanol–water partition coefficient (Wildman–Crippen LogP) is 3.49. The predicted molar refractivity (Wildman–Crippen MR) is 102 cm³/mol. The van der Waals surface area contributed by atoms with Gasteiger partial charge >= 0.3 is 5.97 Å². The van der Waals surface area contributed by atoms with Crippen LogP contribution in [0.1, 0.15) is 37.0 Å². The summed E-state index contributed by atoms with van der Waals surface area (Å²) in [6.45, 7) is 2.44. The number of hydrogen-bond acceptors (Lipinski definition) is 6. The average molecular weight is 382 g/mol. The van der Waals surface area contributed by atoms with E-state index < -0.39 is 11.9 Å². The molecule has 0 fully saturated rings. The van der Waals surface area contributed by atoms with Gasteiger partial charge in [-0.1, -0.05) is 12.1 Å². The lowest BCUT2D eigenvalue weighted by Gasteiger charge is -2.07. The summed E-state index contributed by atoms with van der Waals surface area (Å²) in [7, 11) is 0. The number of carbonyl (C=O) groups is 2. The first kappa shape index (κ1) is 18.6. The van der Waals surface area contributed by atoms with Gasteiger partial charge in [0.15, 0.2) is 0 Å². The maximum atomic E-state index is 12.1. The number of carbonyl (C=O) groups excluding carboxylic acids is 2. The number of esters is 1. The Balaban J connectivity index is 1.51. The highest BCUT2D eigenvalue weighted by Gasteiger charge is 2.09. The molecular weight excluding hydrogens is 364 g/mol. The van der Waals surface area contributed by atoms with Crippen molar-refractivity contribution < 1.29 is 19.1 Å². The zero-order valence-corrected chi connectivity index (χ0v) is 15.5. The Morgan fingerprint density at radius 1 is 1.00 bits per heavy atom. The first-order chi connectivity index (χ1) is 13.0. The van der Waals surface area contributed by atoms with Gasteiger partial charge in [0.1, 0.15) is 19.0 Å². The van der Waals surface area contributed by atoms with E-state index in [9.17, 15) is 9.59 Å². The molecule has 2 N–H and O–H groups in total. The van der Waals surface area contributed by atoms with Crippen LogP contribution < -0.4 is 10.5 Å². The number of amides is 1. The second-order valence-electron chi connectivity index (χ2n) is 5.81. The molecule has 7 heteroatoms. The molecular formula is C20H18N2O4S. The molecule has 0 atom stereocenters. The highest BCUT2D eigenvalue weighted by Crippen LogP contribution is 2.16. The van der Waals surface area contributed by atoms with Crippen molar-refractivity contribution in [1.29, 1.82) is 0 Å². The van der Waals surface area contributed by atoms with Crippen molar-refractivity contribution in [2.24, 2.45) is 5.73 Å². The molecule has 0 bridgehead atoms. The largest absolute Gasteiger partial charge is 0.487 e. The molecule has 0 spiro atoms. The summed E-state index contributed by atoms with van der Waals surface area (Å²) in [5.41, 5.74) is 7.68. The monoisotopic (exact) mass is 382 g/mol. The topological polar surface area (TPSA) is 91.5 Å². The van der Waals surface area contributed by atoms with Crippen molar-refractivity contribution in [3.05, 3.63) is 81.3 Å². The lowest BCUT2D eigenvalue weighted by atomic mass is 10.1. The standard InChI is InChI=1S/C20H18N2O4S/c1-13-22-17(12-27-13)11-25-18-8-6-16(7-9-18)20(24)26-10-14-2-4-15(5-3-14)19(21)23/h2-9,12H,10-11H2,1H3,(H2,21,23). The van der Waals surface area contributed by atoms with E-state index in [-0.39, 0.29) is 6.61 Å². The third kappa shape index (κ3) is 5.15. The fraction of sp³-hybridized carbons (Fsp3) is 0.150. The SMILES string of the molecule is Cc1nc(COc2ccc(C(=O)OCc3ccc(C(N)=O)cc3)cc2)cs1. The first-order valence-electron chi connectivity index (χ1n) is 8.21. The zero-order valence-electron chi connectivity index (χ0n) is 14.7. The van der Waals surface area contributed by atoms with E-state index in [1.165, 1.54) is 0 Å². The molecule has 0 unspecified atom stereocenters. The van der Waals surface area contributed by atoms with Gasteiger partial charge in [-0.25, -0.2) is 9.78 Å². The maximum Gasteiger partial charge on any atom is 0.338 e. The van der Waals surface area contributed by atoms with Gasteiger partial charge in [-0.3, -0.25) is 4.79 Å². The number of thiazole rings is 1. The van der Waals surface area contributed by atoms with Gasteiger partial charge < -0.3 is 15.2 Å². The van der Waals surface area contributed by atoms with Crippen molar-refractivity contribution in [2.45, 2.75) is 20.1 Å². The minimum absolute atomic E-state index is 0.110. The Hall–Kier alpha value is -3.19. The number of nitrogens with two attached hydrogens (primary N) is 1. The first-order valence-corrected chi connectivity index (χ1v) is 9.09. The summed E-state index contributed by atoms with van der Waals surface area (Å²) in [6, 6.07) is 13.3. The van der Waals surface area contributed by atoms with E-state index in [1.54, 1.807) is 59.9 Å². The zero-order chi connectivity index (χ0) is 19.2. The molecule has 6 nitrogen and oxygen atoms in total. The minimum atomic E-state index is -0.495. The van der Waals surface area contributed by atoms with Gasteiger partial charge in [0.2, 0.25) is 5.91 Å². The van der Waals surface area contributed by atoms with E-state index in [4.69, 9.17) is 15.2 Å². The van der Waals surface area contributed by atoms with Crippen LogP contribution in [0.25, 0.3) is 0 Å². The van der Waals surface area contributed by atoms with Crippen LogP contribution in [0.3, 0.4) is 0 Å². The Labute approximate surface area is 160 Å². The number of aromatic nitrogens is 1. The molecule has 1 aromatic heterocycles. The highest BCUT2D eigenvalue weighted by molar-refractivity contribution is 7.09. The molecule has 3 aromatic rings. The van der Waals surface area contributed by atoms with Crippen molar-refractivity contribution in [1.82, 2.24) is 4.98 Å². The summed E-state index contributed by atoms with van der Waals surface area (Å²) in [5.74, 6) is -0.277. The van der Waals surface area contributed by atoms with Crippen LogP contribution in [-0.4, -0.2) is 16.9 Å². The third-order valence-electron chi connectivity index (χ3n) is 3.75. The summed E-state index contributed by atoms with van der Waals surface area (Å²) in [6.07, 6.45) is 0. The third-order valence-corrected chi connectivity index (χ3v) is 4.57. The van der Waals surface area contributed by atoms with Gasteiger partial charge in [0.25, 0.3) is 0 Å². The van der Waals surface area contributed by atoms with Gasteiger partial charge in [-0.05, 0) is 48.9 Å². The van der Waals surface area contributed by atoms with Gasteiger partial charge in [-0.15, -0.1) is 11.3 Å². The molecule has 2 aromatic carbocycles. The summed E-state index contributed by atoms with van der Waals surface area (Å²) >= 11 is 1.58. The Kier molecular flexibility index (Phi) is 5.83. The van der Waals surface area contributed by atoms with E-state index in [0.717, 1.165) is 16.3 Å². The summed E-state index contributed by atoms with van der Waals surface area (Å²) in [4.78, 5) is 27.5. The minimum Gasteiger partial charge on any atom is -0.487 e. The quantitative estimate of drug-likeness (QED) is 0.632. The smallest absolute Gasteiger partial charge is 0.338 e. The number of primary amides is 1. The van der Waals surface area contributed by atoms with E-state index >= 15 is 0 Å². The maximum absolute atomic E-state index is 12.1. The molecule has 0 aliphatic heterocycles. The van der Waals surface area contributed by atoms with E-state index in [2.05, 4.69) is 4.98 Å². The Bertz CT molecular complexity index is 933.